The first kappa shape index (κ1) is 28.8. The highest BCUT2D eigenvalue weighted by molar-refractivity contribution is 8.08. The van der Waals surface area contributed by atoms with Crippen molar-refractivity contribution in [2.24, 2.45) is 5.73 Å². The summed E-state index contributed by atoms with van der Waals surface area (Å²) in [6, 6.07) is 0. The first-order valence-corrected chi connectivity index (χ1v) is 13.7. The van der Waals surface area contributed by atoms with Gasteiger partial charge in [0.1, 0.15) is 0 Å². The number of carbonyl (C=O) groups excluding carboxylic acids is 3. The molecule has 5 N–H and O–H groups in total. The van der Waals surface area contributed by atoms with Crippen LogP contribution in [0.3, 0.4) is 0 Å². The van der Waals surface area contributed by atoms with Gasteiger partial charge in [0.2, 0.25) is 17.7 Å². The maximum Gasteiger partial charge on any atom is 0.234 e. The van der Waals surface area contributed by atoms with Gasteiger partial charge in [0.05, 0.1) is 5.25 Å². The normalized spacial score (nSPS) is 17.1. The maximum absolute atomic E-state index is 12.0. The number of thioether (sulfide) groups is 1. The summed E-state index contributed by atoms with van der Waals surface area (Å²) in [6.07, 6.45) is 13.2. The lowest BCUT2D eigenvalue weighted by Crippen LogP contribution is -2.29. The predicted octanol–water partition coefficient (Wildman–Crippen LogP) is 3.26. The van der Waals surface area contributed by atoms with Crippen LogP contribution in [0.15, 0.2) is 0 Å². The number of rotatable bonds is 21. The van der Waals surface area contributed by atoms with Gasteiger partial charge in [0.25, 0.3) is 0 Å². The molecule has 32 heavy (non-hydrogen) atoms. The van der Waals surface area contributed by atoms with Gasteiger partial charge in [-0.15, -0.1) is 11.8 Å². The zero-order chi connectivity index (χ0) is 23.4. The Hall–Kier alpha value is -1.28. The fourth-order valence-electron chi connectivity index (χ4n) is 3.58. The molecular weight excluding hydrogens is 424 g/mol. The minimum Gasteiger partial charge on any atom is -0.356 e. The number of unbranched alkanes of at least 4 members (excludes halogenated alkanes) is 7. The molecule has 2 atom stereocenters. The van der Waals surface area contributed by atoms with Crippen molar-refractivity contribution in [3.8, 4) is 0 Å². The molecule has 1 heterocycles. The van der Waals surface area contributed by atoms with Crippen molar-refractivity contribution in [3.05, 3.63) is 0 Å². The van der Waals surface area contributed by atoms with Crippen LogP contribution >= 0.6 is 11.8 Å². The molecule has 8 heteroatoms. The van der Waals surface area contributed by atoms with Crippen LogP contribution in [-0.4, -0.2) is 54.4 Å². The highest BCUT2D eigenvalue weighted by Gasteiger charge is 2.43. The molecule has 1 fully saturated rings. The van der Waals surface area contributed by atoms with Gasteiger partial charge in [-0.25, -0.2) is 0 Å². The lowest BCUT2D eigenvalue weighted by atomic mass is 10.1. The average Bonchev–Trinajstić information content (AvgIpc) is 3.56. The van der Waals surface area contributed by atoms with Crippen LogP contribution in [0.25, 0.3) is 0 Å². The van der Waals surface area contributed by atoms with Crippen molar-refractivity contribution in [2.45, 2.75) is 107 Å². The molecule has 1 rings (SSSR count). The molecule has 1 aliphatic rings. The molecular formula is C24H46N4O3S. The highest BCUT2D eigenvalue weighted by atomic mass is 32.2. The molecule has 3 amide bonds. The molecule has 0 aromatic carbocycles. The van der Waals surface area contributed by atoms with E-state index in [9.17, 15) is 14.4 Å². The van der Waals surface area contributed by atoms with E-state index in [2.05, 4.69) is 22.9 Å². The molecule has 0 bridgehead atoms. The van der Waals surface area contributed by atoms with Crippen LogP contribution in [0, 0.1) is 0 Å². The summed E-state index contributed by atoms with van der Waals surface area (Å²) in [5, 5.41) is 9.55. The largest absolute Gasteiger partial charge is 0.356 e. The van der Waals surface area contributed by atoms with Crippen molar-refractivity contribution in [2.75, 3.05) is 26.2 Å². The first-order valence-electron chi connectivity index (χ1n) is 12.7. The quantitative estimate of drug-likeness (QED) is 0.152. The van der Waals surface area contributed by atoms with Crippen LogP contribution in [0.5, 0.6) is 0 Å². The molecule has 0 spiro atoms. The van der Waals surface area contributed by atoms with E-state index in [1.165, 1.54) is 0 Å². The molecule has 2 unspecified atom stereocenters. The SMILES string of the molecule is CCCCCNC(=O)CCCCCNC(=O)CCCCCNC(=O)C1SC1CCCCN. The monoisotopic (exact) mass is 470 g/mol. The zero-order valence-electron chi connectivity index (χ0n) is 20.1. The van der Waals surface area contributed by atoms with Crippen molar-refractivity contribution < 1.29 is 14.4 Å². The number of amides is 3. The van der Waals surface area contributed by atoms with Crippen molar-refractivity contribution in [1.82, 2.24) is 16.0 Å². The van der Waals surface area contributed by atoms with E-state index in [4.69, 9.17) is 5.73 Å². The summed E-state index contributed by atoms with van der Waals surface area (Å²) in [6.45, 7) is 5.03. The Kier molecular flexibility index (Phi) is 17.3. The minimum absolute atomic E-state index is 0.0948. The number of hydrogen-bond acceptors (Lipinski definition) is 5. The number of hydrogen-bond donors (Lipinski definition) is 4. The Morgan fingerprint density at radius 2 is 1.28 bits per heavy atom. The molecule has 0 aliphatic carbocycles. The Morgan fingerprint density at radius 1 is 0.719 bits per heavy atom. The van der Waals surface area contributed by atoms with Gasteiger partial charge < -0.3 is 21.7 Å². The molecule has 1 aliphatic heterocycles. The standard InChI is InChI=1S/C24H46N4O3S/c1-2-3-10-17-26-21(29)14-6-4-11-18-27-22(30)15-7-5-12-19-28-24(31)23-20(32-23)13-8-9-16-25/h20,23H,2-19,25H2,1H3,(H,26,29)(H,27,30)(H,28,31). The van der Waals surface area contributed by atoms with E-state index in [1.807, 2.05) is 0 Å². The molecule has 186 valence electrons. The Morgan fingerprint density at radius 3 is 1.84 bits per heavy atom. The van der Waals surface area contributed by atoms with Gasteiger partial charge in [-0.05, 0) is 51.5 Å². The maximum atomic E-state index is 12.0. The molecule has 1 saturated heterocycles. The Labute approximate surface area is 199 Å². The smallest absolute Gasteiger partial charge is 0.234 e. The molecule has 0 aromatic rings. The van der Waals surface area contributed by atoms with E-state index >= 15 is 0 Å². The van der Waals surface area contributed by atoms with E-state index in [0.717, 1.165) is 90.1 Å². The molecule has 0 saturated carbocycles. The minimum atomic E-state index is 0.0948. The van der Waals surface area contributed by atoms with E-state index in [0.29, 0.717) is 31.2 Å². The van der Waals surface area contributed by atoms with Crippen LogP contribution < -0.4 is 21.7 Å². The second kappa shape index (κ2) is 19.2. The third-order valence-corrected chi connectivity index (χ3v) is 7.05. The van der Waals surface area contributed by atoms with Crippen LogP contribution in [-0.2, 0) is 14.4 Å². The number of nitrogens with one attached hydrogen (secondary N) is 3. The summed E-state index contributed by atoms with van der Waals surface area (Å²) in [5.41, 5.74) is 5.50. The summed E-state index contributed by atoms with van der Waals surface area (Å²) >= 11 is 1.76. The second-order valence-electron chi connectivity index (χ2n) is 8.70. The summed E-state index contributed by atoms with van der Waals surface area (Å²) in [5.74, 6) is 0.399. The van der Waals surface area contributed by atoms with Crippen LogP contribution in [0.4, 0.5) is 0 Å². The zero-order valence-corrected chi connectivity index (χ0v) is 20.9. The van der Waals surface area contributed by atoms with Gasteiger partial charge in [0.15, 0.2) is 0 Å². The molecule has 0 radical (unpaired) electrons. The third kappa shape index (κ3) is 15.5. The van der Waals surface area contributed by atoms with Gasteiger partial charge in [0, 0.05) is 37.7 Å². The van der Waals surface area contributed by atoms with Crippen molar-refractivity contribution in [3.63, 3.8) is 0 Å². The first-order chi connectivity index (χ1) is 15.6. The number of carbonyl (C=O) groups is 3. The third-order valence-electron chi connectivity index (χ3n) is 5.67. The van der Waals surface area contributed by atoms with E-state index < -0.39 is 0 Å². The van der Waals surface area contributed by atoms with Gasteiger partial charge >= 0.3 is 0 Å². The van der Waals surface area contributed by atoms with Gasteiger partial charge in [-0.3, -0.25) is 14.4 Å². The van der Waals surface area contributed by atoms with Gasteiger partial charge in [-0.2, -0.15) is 0 Å². The summed E-state index contributed by atoms with van der Waals surface area (Å²) in [7, 11) is 0. The fraction of sp³-hybridized carbons (Fsp3) is 0.875. The predicted molar refractivity (Wildman–Crippen MR) is 134 cm³/mol. The number of nitrogens with two attached hydrogens (primary N) is 1. The second-order valence-corrected chi connectivity index (χ2v) is 10.1. The summed E-state index contributed by atoms with van der Waals surface area (Å²) in [4.78, 5) is 35.6. The topological polar surface area (TPSA) is 113 Å². The lowest BCUT2D eigenvalue weighted by Gasteiger charge is -2.07. The van der Waals surface area contributed by atoms with E-state index in [1.54, 1.807) is 11.8 Å². The van der Waals surface area contributed by atoms with Gasteiger partial charge in [-0.1, -0.05) is 39.0 Å². The fourth-order valence-corrected chi connectivity index (χ4v) is 4.63. The molecule has 0 aromatic heterocycles. The van der Waals surface area contributed by atoms with Crippen molar-refractivity contribution in [1.29, 1.82) is 0 Å². The Bertz CT molecular complexity index is 533. The van der Waals surface area contributed by atoms with Crippen LogP contribution in [0.1, 0.15) is 96.8 Å². The lowest BCUT2D eigenvalue weighted by molar-refractivity contribution is -0.122. The highest BCUT2D eigenvalue weighted by Crippen LogP contribution is 2.44. The van der Waals surface area contributed by atoms with Crippen LogP contribution in [0.2, 0.25) is 0 Å². The molecule has 7 nitrogen and oxygen atoms in total. The average molecular weight is 471 g/mol. The van der Waals surface area contributed by atoms with Crippen molar-refractivity contribution >= 4 is 29.5 Å². The Balaban J connectivity index is 1.84. The summed E-state index contributed by atoms with van der Waals surface area (Å²) < 4.78 is 0. The van der Waals surface area contributed by atoms with E-state index in [-0.39, 0.29) is 23.0 Å².